The lowest BCUT2D eigenvalue weighted by Crippen LogP contribution is -2.17. The molecule has 1 heterocycles. The smallest absolute Gasteiger partial charge is 0.168 e. The minimum Gasteiger partial charge on any atom is -0.327 e. The van der Waals surface area contributed by atoms with E-state index in [1.54, 1.807) is 16.8 Å². The Balaban J connectivity index is 2.02. The highest BCUT2D eigenvalue weighted by atomic mass is 16.1. The van der Waals surface area contributed by atoms with Crippen LogP contribution in [0.3, 0.4) is 0 Å². The number of aromatic nitrogens is 1. The topological polar surface area (TPSA) is 62.9 Å². The summed E-state index contributed by atoms with van der Waals surface area (Å²) >= 11 is 0. The lowest BCUT2D eigenvalue weighted by atomic mass is 9.97. The molecule has 0 radical (unpaired) electrons. The van der Waals surface area contributed by atoms with Crippen LogP contribution in [0.5, 0.6) is 0 Å². The second-order valence-corrected chi connectivity index (χ2v) is 6.61. The van der Waals surface area contributed by atoms with Gasteiger partial charge in [-0.15, -0.1) is 0 Å². The van der Waals surface area contributed by atoms with E-state index in [-0.39, 0.29) is 18.0 Å². The molecule has 4 nitrogen and oxygen atoms in total. The number of Topliss-reactive ketones (excluding diaryl/α,β-unsaturated/α-hetero) is 2. The first kappa shape index (κ1) is 19.1. The minimum atomic E-state index is -0.536. The van der Waals surface area contributed by atoms with Crippen molar-refractivity contribution < 1.29 is 9.59 Å². The van der Waals surface area contributed by atoms with Gasteiger partial charge in [0.25, 0.3) is 0 Å². The summed E-state index contributed by atoms with van der Waals surface area (Å²) in [7, 11) is 0. The zero-order chi connectivity index (χ0) is 20.1. The van der Waals surface area contributed by atoms with Gasteiger partial charge in [0, 0.05) is 23.8 Å². The van der Waals surface area contributed by atoms with Gasteiger partial charge in [-0.25, -0.2) is 0 Å². The first-order chi connectivity index (χ1) is 13.5. The summed E-state index contributed by atoms with van der Waals surface area (Å²) in [4.78, 5) is 24.8. The fraction of sp³-hybridized carbons (Fsp3) is 0.125. The van der Waals surface area contributed by atoms with Crippen LogP contribution in [0, 0.1) is 11.3 Å². The average molecular weight is 368 g/mol. The van der Waals surface area contributed by atoms with Crippen LogP contribution >= 0.6 is 0 Å². The molecule has 0 unspecified atom stereocenters. The zero-order valence-electron chi connectivity index (χ0n) is 15.6. The van der Waals surface area contributed by atoms with Gasteiger partial charge in [0.05, 0.1) is 6.04 Å². The van der Waals surface area contributed by atoms with Crippen molar-refractivity contribution in [2.75, 3.05) is 0 Å². The number of carbonyl (C=O) groups excluding carboxylic acids is 2. The maximum Gasteiger partial charge on any atom is 0.168 e. The molecule has 0 amide bonds. The minimum absolute atomic E-state index is 0.0818. The molecule has 0 fully saturated rings. The molecular formula is C24H20N2O2. The molecule has 3 aromatic rings. The van der Waals surface area contributed by atoms with Gasteiger partial charge in [0.1, 0.15) is 11.8 Å². The standard InChI is InChI=1S/C24H20N2O2/c1-17(18(2)27)24(20-11-7-4-8-12-20)26-16-21(14-22(26)15-25)23(28)13-19-9-5-3-6-10-19/h3-12,14,16,24H,1,13H2,2H3/t24-/m0/s1. The van der Waals surface area contributed by atoms with E-state index in [1.807, 2.05) is 60.7 Å². The number of hydrogen-bond donors (Lipinski definition) is 0. The van der Waals surface area contributed by atoms with Crippen LogP contribution in [0.25, 0.3) is 0 Å². The number of ketones is 2. The van der Waals surface area contributed by atoms with Gasteiger partial charge in [0.2, 0.25) is 0 Å². The number of benzene rings is 2. The summed E-state index contributed by atoms with van der Waals surface area (Å²) in [5.41, 5.74) is 2.86. The quantitative estimate of drug-likeness (QED) is 0.455. The summed E-state index contributed by atoms with van der Waals surface area (Å²) in [5.74, 6) is -0.245. The van der Waals surface area contributed by atoms with E-state index in [0.717, 1.165) is 11.1 Å². The van der Waals surface area contributed by atoms with E-state index in [2.05, 4.69) is 12.6 Å². The van der Waals surface area contributed by atoms with Gasteiger partial charge >= 0.3 is 0 Å². The lowest BCUT2D eigenvalue weighted by Gasteiger charge is -2.21. The molecule has 0 bridgehead atoms. The molecule has 138 valence electrons. The Morgan fingerprint density at radius 3 is 2.25 bits per heavy atom. The van der Waals surface area contributed by atoms with Gasteiger partial charge < -0.3 is 4.57 Å². The SMILES string of the molecule is C=C(C(C)=O)[C@@H](c1ccccc1)n1cc(C(=O)Cc2ccccc2)cc1C#N. The van der Waals surface area contributed by atoms with Crippen LogP contribution < -0.4 is 0 Å². The van der Waals surface area contributed by atoms with Gasteiger partial charge in [-0.3, -0.25) is 9.59 Å². The monoisotopic (exact) mass is 368 g/mol. The fourth-order valence-electron chi connectivity index (χ4n) is 3.18. The summed E-state index contributed by atoms with van der Waals surface area (Å²) < 4.78 is 1.66. The van der Waals surface area contributed by atoms with Crippen molar-refractivity contribution in [3.63, 3.8) is 0 Å². The third kappa shape index (κ3) is 3.99. The van der Waals surface area contributed by atoms with Gasteiger partial charge in [-0.1, -0.05) is 67.2 Å². The molecule has 0 aliphatic rings. The Morgan fingerprint density at radius 1 is 1.07 bits per heavy atom. The zero-order valence-corrected chi connectivity index (χ0v) is 15.6. The van der Waals surface area contributed by atoms with Crippen molar-refractivity contribution in [3.8, 4) is 6.07 Å². The number of nitrogens with zero attached hydrogens (tertiary/aromatic N) is 2. The molecule has 0 spiro atoms. The van der Waals surface area contributed by atoms with E-state index in [0.29, 0.717) is 16.8 Å². The molecule has 0 saturated carbocycles. The number of hydrogen-bond acceptors (Lipinski definition) is 3. The van der Waals surface area contributed by atoms with Crippen molar-refractivity contribution in [1.29, 1.82) is 5.26 Å². The van der Waals surface area contributed by atoms with Crippen LogP contribution in [0.2, 0.25) is 0 Å². The second-order valence-electron chi connectivity index (χ2n) is 6.61. The molecule has 28 heavy (non-hydrogen) atoms. The Kier molecular flexibility index (Phi) is 5.67. The highest BCUT2D eigenvalue weighted by Gasteiger charge is 2.24. The summed E-state index contributed by atoms with van der Waals surface area (Å²) in [6.45, 7) is 5.39. The summed E-state index contributed by atoms with van der Waals surface area (Å²) in [6.07, 6.45) is 1.90. The molecule has 3 rings (SSSR count). The predicted molar refractivity (Wildman–Crippen MR) is 108 cm³/mol. The highest BCUT2D eigenvalue weighted by molar-refractivity contribution is 5.98. The normalized spacial score (nSPS) is 11.4. The van der Waals surface area contributed by atoms with Gasteiger partial charge in [-0.2, -0.15) is 5.26 Å². The number of rotatable bonds is 7. The van der Waals surface area contributed by atoms with Crippen molar-refractivity contribution in [2.24, 2.45) is 0 Å². The van der Waals surface area contributed by atoms with E-state index in [1.165, 1.54) is 6.92 Å². The molecule has 0 aliphatic carbocycles. The fourth-order valence-corrected chi connectivity index (χ4v) is 3.18. The highest BCUT2D eigenvalue weighted by Crippen LogP contribution is 2.29. The Morgan fingerprint density at radius 2 is 1.68 bits per heavy atom. The van der Waals surface area contributed by atoms with Crippen molar-refractivity contribution in [2.45, 2.75) is 19.4 Å². The number of nitriles is 1. The van der Waals surface area contributed by atoms with Crippen molar-refractivity contribution >= 4 is 11.6 Å². The van der Waals surface area contributed by atoms with E-state index in [9.17, 15) is 14.9 Å². The molecule has 0 N–H and O–H groups in total. The van der Waals surface area contributed by atoms with Gasteiger partial charge in [-0.05, 0) is 24.1 Å². The predicted octanol–water partition coefficient (Wildman–Crippen LogP) is 4.52. The Labute approximate surface area is 164 Å². The number of allylic oxidation sites excluding steroid dienone is 1. The third-order valence-electron chi connectivity index (χ3n) is 4.67. The maximum absolute atomic E-state index is 12.7. The Hall–Kier alpha value is -3.71. The molecule has 2 aromatic carbocycles. The van der Waals surface area contributed by atoms with E-state index in [4.69, 9.17) is 0 Å². The first-order valence-corrected chi connectivity index (χ1v) is 8.95. The van der Waals surface area contributed by atoms with Crippen molar-refractivity contribution in [1.82, 2.24) is 4.57 Å². The molecule has 0 aliphatic heterocycles. The summed E-state index contributed by atoms with van der Waals surface area (Å²) in [5, 5.41) is 9.62. The van der Waals surface area contributed by atoms with Crippen molar-refractivity contribution in [3.05, 3.63) is 107 Å². The molecule has 1 aromatic heterocycles. The van der Waals surface area contributed by atoms with Gasteiger partial charge in [0.15, 0.2) is 11.6 Å². The first-order valence-electron chi connectivity index (χ1n) is 8.95. The second kappa shape index (κ2) is 8.32. The number of carbonyl (C=O) groups is 2. The van der Waals surface area contributed by atoms with Crippen LogP contribution in [-0.4, -0.2) is 16.1 Å². The molecule has 4 heteroatoms. The maximum atomic E-state index is 12.7. The van der Waals surface area contributed by atoms with E-state index < -0.39 is 6.04 Å². The van der Waals surface area contributed by atoms with E-state index >= 15 is 0 Å². The largest absolute Gasteiger partial charge is 0.327 e. The van der Waals surface area contributed by atoms with Crippen LogP contribution in [0.4, 0.5) is 0 Å². The molecular weight excluding hydrogens is 348 g/mol. The average Bonchev–Trinajstić information content (AvgIpc) is 3.14. The Bertz CT molecular complexity index is 1060. The molecule has 0 saturated heterocycles. The van der Waals surface area contributed by atoms with Crippen LogP contribution in [0.1, 0.15) is 40.1 Å². The third-order valence-corrected chi connectivity index (χ3v) is 4.67. The summed E-state index contributed by atoms with van der Waals surface area (Å²) in [6, 6.07) is 22.0. The van der Waals surface area contributed by atoms with Crippen LogP contribution in [0.15, 0.2) is 85.1 Å². The van der Waals surface area contributed by atoms with Crippen LogP contribution in [-0.2, 0) is 11.2 Å². The lowest BCUT2D eigenvalue weighted by molar-refractivity contribution is -0.113. The molecule has 1 atom stereocenters.